The average molecular weight is 380 g/mol. The summed E-state index contributed by atoms with van der Waals surface area (Å²) in [5.74, 6) is -0.366. The van der Waals surface area contributed by atoms with Crippen LogP contribution in [0.15, 0.2) is 22.7 Å². The molecule has 1 unspecified atom stereocenters. The van der Waals surface area contributed by atoms with E-state index in [2.05, 4.69) is 15.9 Å². The molecule has 1 fully saturated rings. The van der Waals surface area contributed by atoms with Crippen LogP contribution >= 0.6 is 15.9 Å². The maximum absolute atomic E-state index is 13.0. The molecule has 0 saturated carbocycles. The lowest BCUT2D eigenvalue weighted by Gasteiger charge is -2.29. The molecule has 0 radical (unpaired) electrons. The highest BCUT2D eigenvalue weighted by molar-refractivity contribution is 9.10. The Balaban J connectivity index is 2.00. The Morgan fingerprint density at radius 1 is 1.38 bits per heavy atom. The Labute approximate surface area is 131 Å². The second-order valence-electron chi connectivity index (χ2n) is 4.81. The minimum Gasteiger partial charge on any atom is -0.480 e. The maximum atomic E-state index is 13.0. The van der Waals surface area contributed by atoms with E-state index in [0.717, 1.165) is 0 Å². The number of carbonyl (C=O) groups excluding carboxylic acids is 1. The van der Waals surface area contributed by atoms with Gasteiger partial charge < -0.3 is 9.64 Å². The fourth-order valence-electron chi connectivity index (χ4n) is 2.00. The van der Waals surface area contributed by atoms with Gasteiger partial charge in [0.1, 0.15) is 11.6 Å². The zero-order chi connectivity index (χ0) is 15.6. The SMILES string of the molecule is CC(Oc1ccc(F)cc1Br)C(=O)N1CCS(=O)(=O)CC1. The van der Waals surface area contributed by atoms with Crippen LogP contribution in [0.1, 0.15) is 6.92 Å². The molecule has 1 aromatic rings. The summed E-state index contributed by atoms with van der Waals surface area (Å²) in [5, 5.41) is 0. The zero-order valence-corrected chi connectivity index (χ0v) is 13.8. The minimum absolute atomic E-state index is 0.0221. The van der Waals surface area contributed by atoms with Gasteiger partial charge in [0, 0.05) is 13.1 Å². The second kappa shape index (κ2) is 6.31. The number of nitrogens with zero attached hydrogens (tertiary/aromatic N) is 1. The van der Waals surface area contributed by atoms with E-state index in [1.165, 1.54) is 23.1 Å². The van der Waals surface area contributed by atoms with E-state index in [0.29, 0.717) is 10.2 Å². The Morgan fingerprint density at radius 2 is 2.00 bits per heavy atom. The monoisotopic (exact) mass is 379 g/mol. The molecule has 1 atom stereocenters. The maximum Gasteiger partial charge on any atom is 0.263 e. The fourth-order valence-corrected chi connectivity index (χ4v) is 3.65. The van der Waals surface area contributed by atoms with Crippen molar-refractivity contribution >= 4 is 31.7 Å². The molecule has 1 aliphatic heterocycles. The Bertz CT molecular complexity index is 636. The molecular weight excluding hydrogens is 365 g/mol. The van der Waals surface area contributed by atoms with Crippen molar-refractivity contribution in [2.45, 2.75) is 13.0 Å². The first-order valence-corrected chi connectivity index (χ1v) is 9.01. The standard InChI is InChI=1S/C13H15BrFNO4S/c1-9(20-12-3-2-10(15)8-11(12)14)13(17)16-4-6-21(18,19)7-5-16/h2-3,8-9H,4-7H2,1H3. The molecule has 1 saturated heterocycles. The molecule has 1 aliphatic rings. The summed E-state index contributed by atoms with van der Waals surface area (Å²) in [4.78, 5) is 13.7. The van der Waals surface area contributed by atoms with Crippen molar-refractivity contribution in [3.63, 3.8) is 0 Å². The van der Waals surface area contributed by atoms with Crippen molar-refractivity contribution in [2.75, 3.05) is 24.6 Å². The molecule has 21 heavy (non-hydrogen) atoms. The van der Waals surface area contributed by atoms with Gasteiger partial charge in [-0.3, -0.25) is 4.79 Å². The highest BCUT2D eigenvalue weighted by atomic mass is 79.9. The van der Waals surface area contributed by atoms with Gasteiger partial charge in [0.2, 0.25) is 0 Å². The topological polar surface area (TPSA) is 63.7 Å². The summed E-state index contributed by atoms with van der Waals surface area (Å²) in [6.45, 7) is 1.94. The quantitative estimate of drug-likeness (QED) is 0.800. The van der Waals surface area contributed by atoms with E-state index < -0.39 is 21.8 Å². The first kappa shape index (κ1) is 16.2. The molecule has 0 bridgehead atoms. The van der Waals surface area contributed by atoms with Crippen LogP contribution < -0.4 is 4.74 Å². The van der Waals surface area contributed by atoms with E-state index in [9.17, 15) is 17.6 Å². The molecule has 2 rings (SSSR count). The van der Waals surface area contributed by atoms with Crippen LogP contribution in [0.2, 0.25) is 0 Å². The van der Waals surface area contributed by atoms with Crippen molar-refractivity contribution in [1.82, 2.24) is 4.90 Å². The second-order valence-corrected chi connectivity index (χ2v) is 7.97. The first-order chi connectivity index (χ1) is 9.78. The smallest absolute Gasteiger partial charge is 0.263 e. The molecule has 0 N–H and O–H groups in total. The summed E-state index contributed by atoms with van der Waals surface area (Å²) in [5.41, 5.74) is 0. The lowest BCUT2D eigenvalue weighted by molar-refractivity contribution is -0.137. The first-order valence-electron chi connectivity index (χ1n) is 6.39. The van der Waals surface area contributed by atoms with Crippen LogP contribution in [0.5, 0.6) is 5.75 Å². The number of amides is 1. The number of sulfone groups is 1. The number of benzene rings is 1. The van der Waals surface area contributed by atoms with Crippen LogP contribution in [-0.4, -0.2) is 49.9 Å². The van der Waals surface area contributed by atoms with Crippen LogP contribution in [0, 0.1) is 5.82 Å². The molecular formula is C13H15BrFNO4S. The number of carbonyl (C=O) groups is 1. The van der Waals surface area contributed by atoms with Crippen LogP contribution in [0.4, 0.5) is 4.39 Å². The lowest BCUT2D eigenvalue weighted by atomic mass is 10.3. The number of rotatable bonds is 3. The molecule has 5 nitrogen and oxygen atoms in total. The molecule has 1 heterocycles. The normalized spacial score (nSPS) is 19.1. The number of hydrogen-bond donors (Lipinski definition) is 0. The van der Waals surface area contributed by atoms with E-state index in [1.807, 2.05) is 0 Å². The van der Waals surface area contributed by atoms with Crippen LogP contribution in [0.25, 0.3) is 0 Å². The average Bonchev–Trinajstić information content (AvgIpc) is 2.41. The largest absolute Gasteiger partial charge is 0.480 e. The molecule has 8 heteroatoms. The Morgan fingerprint density at radius 3 is 2.57 bits per heavy atom. The van der Waals surface area contributed by atoms with Crippen molar-refractivity contribution < 1.29 is 22.3 Å². The van der Waals surface area contributed by atoms with E-state index in [1.54, 1.807) is 6.92 Å². The van der Waals surface area contributed by atoms with E-state index in [-0.39, 0.29) is 30.5 Å². The van der Waals surface area contributed by atoms with Crippen LogP contribution in [-0.2, 0) is 14.6 Å². The highest BCUT2D eigenvalue weighted by Crippen LogP contribution is 2.26. The molecule has 116 valence electrons. The molecule has 0 aliphatic carbocycles. The van der Waals surface area contributed by atoms with Gasteiger partial charge in [-0.1, -0.05) is 0 Å². The summed E-state index contributed by atoms with van der Waals surface area (Å²) in [6, 6.07) is 3.93. The van der Waals surface area contributed by atoms with Crippen molar-refractivity contribution in [3.05, 3.63) is 28.5 Å². The number of halogens is 2. The summed E-state index contributed by atoms with van der Waals surface area (Å²) in [6.07, 6.45) is -0.771. The van der Waals surface area contributed by atoms with Gasteiger partial charge in [0.15, 0.2) is 15.9 Å². The predicted octanol–water partition coefficient (Wildman–Crippen LogP) is 1.61. The summed E-state index contributed by atoms with van der Waals surface area (Å²) >= 11 is 3.17. The van der Waals surface area contributed by atoms with Gasteiger partial charge in [-0.25, -0.2) is 12.8 Å². The predicted molar refractivity (Wildman–Crippen MR) is 79.4 cm³/mol. The van der Waals surface area contributed by atoms with Gasteiger partial charge in [0.25, 0.3) is 5.91 Å². The number of hydrogen-bond acceptors (Lipinski definition) is 4. The van der Waals surface area contributed by atoms with Crippen molar-refractivity contribution in [3.8, 4) is 5.75 Å². The van der Waals surface area contributed by atoms with Gasteiger partial charge in [-0.05, 0) is 41.1 Å². The van der Waals surface area contributed by atoms with Gasteiger partial charge in [-0.15, -0.1) is 0 Å². The third kappa shape index (κ3) is 4.16. The Kier molecular flexibility index (Phi) is 4.88. The lowest BCUT2D eigenvalue weighted by Crippen LogP contribution is -2.48. The minimum atomic E-state index is -3.03. The summed E-state index contributed by atoms with van der Waals surface area (Å²) in [7, 11) is -3.03. The third-order valence-electron chi connectivity index (χ3n) is 3.20. The molecule has 1 aromatic carbocycles. The molecule has 0 spiro atoms. The van der Waals surface area contributed by atoms with E-state index >= 15 is 0 Å². The molecule has 0 aromatic heterocycles. The zero-order valence-electron chi connectivity index (χ0n) is 11.4. The van der Waals surface area contributed by atoms with Crippen LogP contribution in [0.3, 0.4) is 0 Å². The molecule has 1 amide bonds. The van der Waals surface area contributed by atoms with Gasteiger partial charge >= 0.3 is 0 Å². The van der Waals surface area contributed by atoms with Gasteiger partial charge in [-0.2, -0.15) is 0 Å². The summed E-state index contributed by atoms with van der Waals surface area (Å²) < 4.78 is 41.6. The van der Waals surface area contributed by atoms with Crippen molar-refractivity contribution in [1.29, 1.82) is 0 Å². The van der Waals surface area contributed by atoms with E-state index in [4.69, 9.17) is 4.74 Å². The number of ether oxygens (including phenoxy) is 1. The van der Waals surface area contributed by atoms with Crippen molar-refractivity contribution in [2.24, 2.45) is 0 Å². The third-order valence-corrected chi connectivity index (χ3v) is 5.43. The fraction of sp³-hybridized carbons (Fsp3) is 0.462. The van der Waals surface area contributed by atoms with Gasteiger partial charge in [0.05, 0.1) is 16.0 Å². The Hall–Kier alpha value is -1.15. The highest BCUT2D eigenvalue weighted by Gasteiger charge is 2.28.